The van der Waals surface area contributed by atoms with E-state index in [1.807, 2.05) is 19.0 Å². The van der Waals surface area contributed by atoms with Gasteiger partial charge in [0.2, 0.25) is 15.8 Å². The molecule has 9 nitrogen and oxygen atoms in total. The lowest BCUT2D eigenvalue weighted by Gasteiger charge is -2.11. The minimum absolute atomic E-state index is 0.140. The van der Waals surface area contributed by atoms with Gasteiger partial charge >= 0.3 is 11.8 Å². The second-order valence-corrected chi connectivity index (χ2v) is 7.95. The van der Waals surface area contributed by atoms with E-state index in [4.69, 9.17) is 4.52 Å². The van der Waals surface area contributed by atoms with Gasteiger partial charge in [-0.3, -0.25) is 4.79 Å². The molecule has 0 saturated heterocycles. The first-order valence-corrected chi connectivity index (χ1v) is 8.95. The molecule has 1 aromatic carbocycles. The van der Waals surface area contributed by atoms with Crippen LogP contribution in [-0.4, -0.2) is 75.0 Å². The van der Waals surface area contributed by atoms with E-state index in [0.717, 1.165) is 4.31 Å². The molecule has 0 bridgehead atoms. The van der Waals surface area contributed by atoms with Crippen LogP contribution in [0.5, 0.6) is 0 Å². The van der Waals surface area contributed by atoms with Crippen LogP contribution in [0.25, 0.3) is 11.4 Å². The van der Waals surface area contributed by atoms with Crippen molar-refractivity contribution >= 4 is 15.9 Å². The van der Waals surface area contributed by atoms with E-state index in [1.54, 1.807) is 12.1 Å². The quantitative estimate of drug-likeness (QED) is 0.748. The summed E-state index contributed by atoms with van der Waals surface area (Å²) in [5, 5.41) is 6.44. The zero-order chi connectivity index (χ0) is 18.6. The zero-order valence-electron chi connectivity index (χ0n) is 14.6. The number of hydrogen-bond donors (Lipinski definition) is 1. The van der Waals surface area contributed by atoms with Crippen molar-refractivity contribution in [1.29, 1.82) is 0 Å². The normalized spacial score (nSPS) is 11.9. The van der Waals surface area contributed by atoms with E-state index in [1.165, 1.54) is 26.2 Å². The van der Waals surface area contributed by atoms with Crippen LogP contribution in [0, 0.1) is 0 Å². The van der Waals surface area contributed by atoms with Crippen molar-refractivity contribution in [3.63, 3.8) is 0 Å². The summed E-state index contributed by atoms with van der Waals surface area (Å²) in [6.45, 7) is 1.15. The van der Waals surface area contributed by atoms with Crippen LogP contribution in [-0.2, 0) is 10.0 Å². The number of carbonyl (C=O) groups is 1. The second kappa shape index (κ2) is 7.72. The number of sulfonamides is 1. The molecule has 136 valence electrons. The van der Waals surface area contributed by atoms with Gasteiger partial charge in [-0.2, -0.15) is 4.98 Å². The van der Waals surface area contributed by atoms with Crippen molar-refractivity contribution in [2.24, 2.45) is 0 Å². The van der Waals surface area contributed by atoms with Crippen molar-refractivity contribution in [1.82, 2.24) is 24.7 Å². The maximum absolute atomic E-state index is 12.0. The molecule has 0 atom stereocenters. The fourth-order valence-electron chi connectivity index (χ4n) is 1.89. The number of nitrogens with zero attached hydrogens (tertiary/aromatic N) is 4. The van der Waals surface area contributed by atoms with Crippen LogP contribution >= 0.6 is 0 Å². The van der Waals surface area contributed by atoms with E-state index in [-0.39, 0.29) is 16.6 Å². The molecule has 2 rings (SSSR count). The third kappa shape index (κ3) is 4.62. The first-order chi connectivity index (χ1) is 11.7. The number of aromatic nitrogens is 2. The van der Waals surface area contributed by atoms with Gasteiger partial charge in [-0.05, 0) is 38.4 Å². The number of carbonyl (C=O) groups excluding carboxylic acids is 1. The molecule has 25 heavy (non-hydrogen) atoms. The van der Waals surface area contributed by atoms with E-state index in [2.05, 4.69) is 15.5 Å². The Bertz CT molecular complexity index is 828. The molecule has 0 saturated carbocycles. The molecule has 0 aliphatic rings. The summed E-state index contributed by atoms with van der Waals surface area (Å²) >= 11 is 0. The van der Waals surface area contributed by atoms with Crippen LogP contribution in [0.2, 0.25) is 0 Å². The Kier molecular flexibility index (Phi) is 5.88. The molecule has 0 unspecified atom stereocenters. The van der Waals surface area contributed by atoms with Gasteiger partial charge in [-0.15, -0.1) is 0 Å². The number of nitrogens with one attached hydrogen (secondary N) is 1. The molecule has 1 N–H and O–H groups in total. The average Bonchev–Trinajstić information content (AvgIpc) is 3.04. The third-order valence-corrected chi connectivity index (χ3v) is 5.19. The maximum Gasteiger partial charge on any atom is 0.316 e. The highest BCUT2D eigenvalue weighted by atomic mass is 32.2. The highest BCUT2D eigenvalue weighted by molar-refractivity contribution is 7.89. The van der Waals surface area contributed by atoms with Crippen LogP contribution in [0.4, 0.5) is 0 Å². The number of hydrogen-bond acceptors (Lipinski definition) is 7. The Balaban J connectivity index is 2.11. The summed E-state index contributed by atoms with van der Waals surface area (Å²) in [4.78, 5) is 18.1. The van der Waals surface area contributed by atoms with E-state index < -0.39 is 15.9 Å². The van der Waals surface area contributed by atoms with Crippen LogP contribution < -0.4 is 5.32 Å². The summed E-state index contributed by atoms with van der Waals surface area (Å²) in [7, 11) is 3.22. The summed E-state index contributed by atoms with van der Waals surface area (Å²) in [5.74, 6) is -0.377. The molecule has 0 aliphatic carbocycles. The molecule has 1 aromatic heterocycles. The van der Waals surface area contributed by atoms with Crippen molar-refractivity contribution in [3.05, 3.63) is 30.2 Å². The fourth-order valence-corrected chi connectivity index (χ4v) is 2.79. The number of benzene rings is 1. The van der Waals surface area contributed by atoms with Gasteiger partial charge in [0.05, 0.1) is 4.90 Å². The lowest BCUT2D eigenvalue weighted by atomic mass is 10.2. The summed E-state index contributed by atoms with van der Waals surface area (Å²) in [6.07, 6.45) is 0. The minimum atomic E-state index is -3.50. The molecular weight excluding hydrogens is 346 g/mol. The lowest BCUT2D eigenvalue weighted by Crippen LogP contribution is -2.31. The fraction of sp³-hybridized carbons (Fsp3) is 0.400. The van der Waals surface area contributed by atoms with Crippen molar-refractivity contribution in [2.75, 3.05) is 41.3 Å². The molecule has 10 heteroatoms. The molecule has 0 aliphatic heterocycles. The van der Waals surface area contributed by atoms with E-state index >= 15 is 0 Å². The van der Waals surface area contributed by atoms with Crippen molar-refractivity contribution in [2.45, 2.75) is 4.90 Å². The Morgan fingerprint density at radius 2 is 1.80 bits per heavy atom. The maximum atomic E-state index is 12.0. The van der Waals surface area contributed by atoms with Crippen LogP contribution in [0.3, 0.4) is 0 Å². The van der Waals surface area contributed by atoms with Crippen molar-refractivity contribution < 1.29 is 17.7 Å². The van der Waals surface area contributed by atoms with Crippen LogP contribution in [0.15, 0.2) is 33.7 Å². The highest BCUT2D eigenvalue weighted by Gasteiger charge is 2.19. The van der Waals surface area contributed by atoms with Crippen molar-refractivity contribution in [3.8, 4) is 11.4 Å². The largest absolute Gasteiger partial charge is 0.347 e. The zero-order valence-corrected chi connectivity index (χ0v) is 15.4. The van der Waals surface area contributed by atoms with Gasteiger partial charge in [0, 0.05) is 32.7 Å². The van der Waals surface area contributed by atoms with Gasteiger partial charge < -0.3 is 14.7 Å². The lowest BCUT2D eigenvalue weighted by molar-refractivity contribution is 0.0907. The average molecular weight is 367 g/mol. The second-order valence-electron chi connectivity index (χ2n) is 5.79. The van der Waals surface area contributed by atoms with Gasteiger partial charge in [0.25, 0.3) is 0 Å². The first-order valence-electron chi connectivity index (χ1n) is 7.51. The summed E-state index contributed by atoms with van der Waals surface area (Å²) in [5.41, 5.74) is 0.550. The van der Waals surface area contributed by atoms with Gasteiger partial charge in [0.15, 0.2) is 0 Å². The third-order valence-electron chi connectivity index (χ3n) is 3.36. The predicted octanol–water partition coefficient (Wildman–Crippen LogP) is 0.278. The Morgan fingerprint density at radius 1 is 1.16 bits per heavy atom. The molecule has 1 amide bonds. The molecular formula is C15H21N5O4S. The number of amides is 1. The predicted molar refractivity (Wildman–Crippen MR) is 91.5 cm³/mol. The van der Waals surface area contributed by atoms with Crippen LogP contribution in [0.1, 0.15) is 10.7 Å². The Hall–Kier alpha value is -2.30. The molecule has 0 radical (unpaired) electrons. The van der Waals surface area contributed by atoms with Gasteiger partial charge in [-0.1, -0.05) is 5.16 Å². The SMILES string of the molecule is CN(C)CCNC(=O)c1nc(-c2ccc(S(=O)(=O)N(C)C)cc2)no1. The molecule has 1 heterocycles. The first kappa shape index (κ1) is 19.0. The Morgan fingerprint density at radius 3 is 2.36 bits per heavy atom. The topological polar surface area (TPSA) is 109 Å². The summed E-state index contributed by atoms with van der Waals surface area (Å²) in [6, 6.07) is 6.04. The molecule has 0 spiro atoms. The van der Waals surface area contributed by atoms with Gasteiger partial charge in [0.1, 0.15) is 0 Å². The minimum Gasteiger partial charge on any atom is -0.347 e. The molecule has 0 fully saturated rings. The number of likely N-dealkylation sites (N-methyl/N-ethyl adjacent to an activating group) is 1. The smallest absolute Gasteiger partial charge is 0.316 e. The highest BCUT2D eigenvalue weighted by Crippen LogP contribution is 2.20. The number of rotatable bonds is 7. The van der Waals surface area contributed by atoms with Gasteiger partial charge in [-0.25, -0.2) is 12.7 Å². The standard InChI is InChI=1S/C15H21N5O4S/c1-19(2)10-9-16-14(21)15-17-13(18-24-15)11-5-7-12(8-6-11)25(22,23)20(3)4/h5-8H,9-10H2,1-4H3,(H,16,21). The van der Waals surface area contributed by atoms with E-state index in [0.29, 0.717) is 18.7 Å². The monoisotopic (exact) mass is 367 g/mol. The molecule has 2 aromatic rings. The van der Waals surface area contributed by atoms with E-state index in [9.17, 15) is 13.2 Å². The Labute approximate surface area is 146 Å². The summed E-state index contributed by atoms with van der Waals surface area (Å²) < 4.78 is 30.2.